The highest BCUT2D eigenvalue weighted by molar-refractivity contribution is 6.31. The largest absolute Gasteiger partial charge is 0.497 e. The summed E-state index contributed by atoms with van der Waals surface area (Å²) < 4.78 is 5.24. The first-order valence-corrected chi connectivity index (χ1v) is 10.1. The van der Waals surface area contributed by atoms with Crippen LogP contribution in [-0.4, -0.2) is 40.8 Å². The number of hydrogen-bond acceptors (Lipinski definition) is 4. The number of fused-ring (bicyclic) bond motifs is 1. The van der Waals surface area contributed by atoms with Gasteiger partial charge in [-0.3, -0.25) is 4.79 Å². The highest BCUT2D eigenvalue weighted by Gasteiger charge is 2.37. The van der Waals surface area contributed by atoms with Crippen molar-refractivity contribution in [2.45, 2.75) is 51.3 Å². The summed E-state index contributed by atoms with van der Waals surface area (Å²) in [6.45, 7) is 5.31. The molecule has 1 aliphatic heterocycles. The second-order valence-electron chi connectivity index (χ2n) is 8.08. The number of rotatable bonds is 5. The van der Waals surface area contributed by atoms with Gasteiger partial charge in [-0.2, -0.15) is 0 Å². The molecule has 3 rings (SSSR count). The highest BCUT2D eigenvalue weighted by Crippen LogP contribution is 2.38. The fourth-order valence-electron chi connectivity index (χ4n) is 4.24. The average molecular weight is 418 g/mol. The number of aliphatic hydroxyl groups is 2. The summed E-state index contributed by atoms with van der Waals surface area (Å²) in [6.07, 6.45) is 0.616. The SMILES string of the molecule is COc1ccc(Cl)c(CC(=O)N2[C@@H](CO)Cc3c(cccc3C(C)(C)O)[C@@H]2C)c1. The van der Waals surface area contributed by atoms with Gasteiger partial charge in [0.2, 0.25) is 5.91 Å². The van der Waals surface area contributed by atoms with Gasteiger partial charge >= 0.3 is 0 Å². The first-order valence-electron chi connectivity index (χ1n) is 9.76. The Morgan fingerprint density at radius 3 is 2.66 bits per heavy atom. The van der Waals surface area contributed by atoms with Crippen LogP contribution in [-0.2, 0) is 23.2 Å². The third-order valence-corrected chi connectivity index (χ3v) is 6.03. The molecule has 0 aliphatic carbocycles. The van der Waals surface area contributed by atoms with E-state index in [0.29, 0.717) is 22.8 Å². The standard InChI is InChI=1S/C23H28ClNO4/c1-14-18-6-5-7-20(23(2,3)28)19(18)12-16(13-26)25(14)22(27)11-15-10-17(29-4)8-9-21(15)24/h5-10,14,16,26,28H,11-13H2,1-4H3/t14-,16+/m0/s1. The van der Waals surface area contributed by atoms with E-state index in [2.05, 4.69) is 0 Å². The zero-order valence-electron chi connectivity index (χ0n) is 17.3. The molecule has 0 unspecified atom stereocenters. The van der Waals surface area contributed by atoms with Crippen LogP contribution in [0, 0.1) is 0 Å². The molecule has 5 nitrogen and oxygen atoms in total. The van der Waals surface area contributed by atoms with E-state index in [9.17, 15) is 15.0 Å². The van der Waals surface area contributed by atoms with Crippen LogP contribution in [0.25, 0.3) is 0 Å². The maximum Gasteiger partial charge on any atom is 0.227 e. The Morgan fingerprint density at radius 1 is 1.31 bits per heavy atom. The van der Waals surface area contributed by atoms with Crippen LogP contribution in [0.15, 0.2) is 36.4 Å². The summed E-state index contributed by atoms with van der Waals surface area (Å²) in [5.74, 6) is 0.536. The Labute approximate surface area is 176 Å². The molecule has 0 radical (unpaired) electrons. The van der Waals surface area contributed by atoms with Gasteiger partial charge in [-0.05, 0) is 67.6 Å². The molecule has 1 amide bonds. The van der Waals surface area contributed by atoms with Gasteiger partial charge in [0.25, 0.3) is 0 Å². The van der Waals surface area contributed by atoms with Crippen LogP contribution in [0.4, 0.5) is 0 Å². The Morgan fingerprint density at radius 2 is 2.03 bits per heavy atom. The van der Waals surface area contributed by atoms with Gasteiger partial charge < -0.3 is 19.8 Å². The van der Waals surface area contributed by atoms with Crippen molar-refractivity contribution >= 4 is 17.5 Å². The lowest BCUT2D eigenvalue weighted by Gasteiger charge is -2.43. The van der Waals surface area contributed by atoms with Crippen LogP contribution in [0.5, 0.6) is 5.75 Å². The smallest absolute Gasteiger partial charge is 0.227 e. The normalized spacial score (nSPS) is 19.1. The fourth-order valence-corrected chi connectivity index (χ4v) is 4.42. The van der Waals surface area contributed by atoms with Crippen LogP contribution in [0.1, 0.15) is 49.1 Å². The predicted octanol–water partition coefficient (Wildman–Crippen LogP) is 3.63. The van der Waals surface area contributed by atoms with Gasteiger partial charge in [0.15, 0.2) is 0 Å². The minimum Gasteiger partial charge on any atom is -0.497 e. The van der Waals surface area contributed by atoms with E-state index in [-0.39, 0.29) is 31.0 Å². The molecule has 1 aliphatic rings. The minimum absolute atomic E-state index is 0.106. The number of benzene rings is 2. The van der Waals surface area contributed by atoms with E-state index in [4.69, 9.17) is 16.3 Å². The van der Waals surface area contributed by atoms with E-state index in [0.717, 1.165) is 16.7 Å². The van der Waals surface area contributed by atoms with E-state index < -0.39 is 5.60 Å². The zero-order chi connectivity index (χ0) is 21.3. The van der Waals surface area contributed by atoms with Crippen molar-refractivity contribution in [3.8, 4) is 5.75 Å². The van der Waals surface area contributed by atoms with Gasteiger partial charge in [-0.1, -0.05) is 29.8 Å². The van der Waals surface area contributed by atoms with Crippen LogP contribution < -0.4 is 4.74 Å². The molecule has 0 spiro atoms. The monoisotopic (exact) mass is 417 g/mol. The van der Waals surface area contributed by atoms with Crippen molar-refractivity contribution in [3.63, 3.8) is 0 Å². The summed E-state index contributed by atoms with van der Waals surface area (Å²) >= 11 is 6.29. The van der Waals surface area contributed by atoms with Crippen molar-refractivity contribution in [1.82, 2.24) is 4.90 Å². The molecule has 6 heteroatoms. The first-order chi connectivity index (χ1) is 13.7. The molecule has 2 atom stereocenters. The summed E-state index contributed by atoms with van der Waals surface area (Å²) in [4.78, 5) is 15.0. The number of amides is 1. The summed E-state index contributed by atoms with van der Waals surface area (Å²) in [7, 11) is 1.57. The Bertz CT molecular complexity index is 906. The maximum atomic E-state index is 13.3. The van der Waals surface area contributed by atoms with Crippen LogP contribution >= 0.6 is 11.6 Å². The van der Waals surface area contributed by atoms with Crippen molar-refractivity contribution in [2.24, 2.45) is 0 Å². The number of nitrogens with zero attached hydrogens (tertiary/aromatic N) is 1. The van der Waals surface area contributed by atoms with Gasteiger partial charge in [0, 0.05) is 5.02 Å². The van der Waals surface area contributed by atoms with Crippen molar-refractivity contribution < 1.29 is 19.7 Å². The lowest BCUT2D eigenvalue weighted by molar-refractivity contribution is -0.137. The lowest BCUT2D eigenvalue weighted by atomic mass is 9.81. The molecule has 0 saturated heterocycles. The molecule has 0 saturated carbocycles. The minimum atomic E-state index is -0.995. The molecule has 0 aromatic heterocycles. The number of carbonyl (C=O) groups excluding carboxylic acids is 1. The number of methoxy groups -OCH3 is 1. The summed E-state index contributed by atoms with van der Waals surface area (Å²) in [5.41, 5.74) is 2.54. The Kier molecular flexibility index (Phi) is 6.22. The van der Waals surface area contributed by atoms with Crippen LogP contribution in [0.2, 0.25) is 5.02 Å². The quantitative estimate of drug-likeness (QED) is 0.779. The van der Waals surface area contributed by atoms with Gasteiger partial charge in [0.1, 0.15) is 5.75 Å². The summed E-state index contributed by atoms with van der Waals surface area (Å²) in [6, 6.07) is 10.5. The Balaban J connectivity index is 1.95. The molecular formula is C23H28ClNO4. The van der Waals surface area contributed by atoms with Gasteiger partial charge in [-0.15, -0.1) is 0 Å². The maximum absolute atomic E-state index is 13.3. The molecule has 2 N–H and O–H groups in total. The molecule has 156 valence electrons. The molecule has 2 aromatic rings. The number of ether oxygens (including phenoxy) is 1. The number of aliphatic hydroxyl groups excluding tert-OH is 1. The lowest BCUT2D eigenvalue weighted by Crippen LogP contribution is -2.49. The zero-order valence-corrected chi connectivity index (χ0v) is 18.0. The molecule has 0 bridgehead atoms. The van der Waals surface area contributed by atoms with E-state index >= 15 is 0 Å². The van der Waals surface area contributed by atoms with Gasteiger partial charge in [0.05, 0.1) is 37.8 Å². The van der Waals surface area contributed by atoms with Crippen molar-refractivity contribution in [3.05, 3.63) is 63.7 Å². The molecule has 29 heavy (non-hydrogen) atoms. The van der Waals surface area contributed by atoms with E-state index in [1.165, 1.54) is 0 Å². The second-order valence-corrected chi connectivity index (χ2v) is 8.49. The molecule has 1 heterocycles. The number of halogens is 1. The van der Waals surface area contributed by atoms with Crippen LogP contribution in [0.3, 0.4) is 0 Å². The summed E-state index contributed by atoms with van der Waals surface area (Å²) in [5, 5.41) is 21.1. The number of carbonyl (C=O) groups is 1. The van der Waals surface area contributed by atoms with E-state index in [1.807, 2.05) is 25.1 Å². The van der Waals surface area contributed by atoms with Gasteiger partial charge in [-0.25, -0.2) is 0 Å². The average Bonchev–Trinajstić information content (AvgIpc) is 2.68. The third-order valence-electron chi connectivity index (χ3n) is 5.67. The number of hydrogen-bond donors (Lipinski definition) is 2. The third kappa shape index (κ3) is 4.27. The van der Waals surface area contributed by atoms with E-state index in [1.54, 1.807) is 44.1 Å². The van der Waals surface area contributed by atoms with Crippen molar-refractivity contribution in [2.75, 3.05) is 13.7 Å². The second kappa shape index (κ2) is 8.34. The van der Waals surface area contributed by atoms with Crippen molar-refractivity contribution in [1.29, 1.82) is 0 Å². The molecule has 0 fully saturated rings. The fraction of sp³-hybridized carbons (Fsp3) is 0.435. The first kappa shape index (κ1) is 21.6. The predicted molar refractivity (Wildman–Crippen MR) is 113 cm³/mol. The topological polar surface area (TPSA) is 70.0 Å². The molecule has 2 aromatic carbocycles. The Hall–Kier alpha value is -2.08. The highest BCUT2D eigenvalue weighted by atomic mass is 35.5. The molecular weight excluding hydrogens is 390 g/mol.